The number of carbonyl (C=O) groups excluding carboxylic acids is 1. The number of rotatable bonds is 3. The van der Waals surface area contributed by atoms with Crippen LogP contribution in [-0.4, -0.2) is 16.6 Å². The molecule has 1 unspecified atom stereocenters. The number of hydrogen-bond acceptors (Lipinski definition) is 3. The molecule has 1 aromatic carbocycles. The Kier molecular flexibility index (Phi) is 3.84. The van der Waals surface area contributed by atoms with Crippen LogP contribution in [0.2, 0.25) is 0 Å². The highest BCUT2D eigenvalue weighted by Gasteiger charge is 2.32. The van der Waals surface area contributed by atoms with Gasteiger partial charge in [0.2, 0.25) is 5.91 Å². The molecule has 0 radical (unpaired) electrons. The van der Waals surface area contributed by atoms with Crippen LogP contribution in [0, 0.1) is 5.82 Å². The first kappa shape index (κ1) is 13.9. The third-order valence-corrected chi connectivity index (χ3v) is 4.45. The summed E-state index contributed by atoms with van der Waals surface area (Å²) in [6, 6.07) is 10.1. The van der Waals surface area contributed by atoms with Gasteiger partial charge in [-0.3, -0.25) is 4.79 Å². The first-order chi connectivity index (χ1) is 10.2. The number of benzene rings is 1. The highest BCUT2D eigenvalue weighted by molar-refractivity contribution is 7.12. The molecule has 1 amide bonds. The fourth-order valence-electron chi connectivity index (χ4n) is 2.44. The first-order valence-electron chi connectivity index (χ1n) is 6.88. The van der Waals surface area contributed by atoms with Gasteiger partial charge in [0.25, 0.3) is 0 Å². The van der Waals surface area contributed by atoms with Crippen LogP contribution in [0.15, 0.2) is 46.9 Å². The molecule has 108 valence electrons. The van der Waals surface area contributed by atoms with Crippen molar-refractivity contribution in [2.75, 3.05) is 0 Å². The predicted molar refractivity (Wildman–Crippen MR) is 81.8 cm³/mol. The molecule has 0 saturated carbocycles. The molecule has 0 aliphatic carbocycles. The number of nitrogens with zero attached hydrogens (tertiary/aromatic N) is 2. The van der Waals surface area contributed by atoms with E-state index in [1.807, 2.05) is 24.4 Å². The van der Waals surface area contributed by atoms with E-state index in [1.54, 1.807) is 28.5 Å². The third kappa shape index (κ3) is 2.74. The van der Waals surface area contributed by atoms with Crippen molar-refractivity contribution in [2.24, 2.45) is 5.10 Å². The number of hydrazone groups is 1. The van der Waals surface area contributed by atoms with Crippen molar-refractivity contribution in [3.63, 3.8) is 0 Å². The van der Waals surface area contributed by atoms with Crippen LogP contribution < -0.4 is 0 Å². The highest BCUT2D eigenvalue weighted by Crippen LogP contribution is 2.34. The molecule has 1 aliphatic heterocycles. The lowest BCUT2D eigenvalue weighted by atomic mass is 10.0. The molecule has 1 aliphatic rings. The number of hydrogen-bond donors (Lipinski definition) is 0. The smallest absolute Gasteiger partial charge is 0.242 e. The van der Waals surface area contributed by atoms with Gasteiger partial charge in [0.1, 0.15) is 5.82 Å². The Labute approximate surface area is 126 Å². The van der Waals surface area contributed by atoms with Crippen LogP contribution in [0.4, 0.5) is 4.39 Å². The lowest BCUT2D eigenvalue weighted by Crippen LogP contribution is -2.26. The number of amides is 1. The fraction of sp³-hybridized carbons (Fsp3) is 0.250. The molecule has 0 N–H and O–H groups in total. The van der Waals surface area contributed by atoms with Crippen molar-refractivity contribution >= 4 is 23.0 Å². The Morgan fingerprint density at radius 3 is 2.76 bits per heavy atom. The molecule has 5 heteroatoms. The zero-order valence-electron chi connectivity index (χ0n) is 11.6. The summed E-state index contributed by atoms with van der Waals surface area (Å²) in [5.74, 6) is -0.291. The van der Waals surface area contributed by atoms with E-state index >= 15 is 0 Å². The van der Waals surface area contributed by atoms with Crippen LogP contribution in [-0.2, 0) is 4.79 Å². The topological polar surface area (TPSA) is 32.7 Å². The Balaban J connectivity index is 1.93. The highest BCUT2D eigenvalue weighted by atomic mass is 32.1. The van der Waals surface area contributed by atoms with E-state index < -0.39 is 0 Å². The van der Waals surface area contributed by atoms with E-state index in [-0.39, 0.29) is 17.8 Å². The van der Waals surface area contributed by atoms with Gasteiger partial charge in [-0.15, -0.1) is 11.3 Å². The molecule has 3 rings (SSSR count). The lowest BCUT2D eigenvalue weighted by Gasteiger charge is -2.21. The van der Waals surface area contributed by atoms with Crippen molar-refractivity contribution in [3.05, 3.63) is 58.0 Å². The number of carbonyl (C=O) groups is 1. The van der Waals surface area contributed by atoms with Crippen molar-refractivity contribution in [1.82, 2.24) is 5.01 Å². The normalized spacial score (nSPS) is 17.9. The molecule has 2 aromatic rings. The maximum atomic E-state index is 13.1. The Morgan fingerprint density at radius 2 is 2.14 bits per heavy atom. The van der Waals surface area contributed by atoms with E-state index in [0.717, 1.165) is 16.2 Å². The van der Waals surface area contributed by atoms with Gasteiger partial charge in [-0.1, -0.05) is 25.1 Å². The van der Waals surface area contributed by atoms with Crippen LogP contribution >= 0.6 is 11.3 Å². The fourth-order valence-corrected chi connectivity index (χ4v) is 3.16. The largest absolute Gasteiger partial charge is 0.273 e. The molecule has 0 bridgehead atoms. The summed E-state index contributed by atoms with van der Waals surface area (Å²) in [7, 11) is 0. The second-order valence-electron chi connectivity index (χ2n) is 4.89. The number of halogens is 1. The SMILES string of the molecule is CCC(=O)N1N=C(c2cccs2)CC1c1ccc(F)cc1. The summed E-state index contributed by atoms with van der Waals surface area (Å²) >= 11 is 1.61. The molecule has 1 aromatic heterocycles. The van der Waals surface area contributed by atoms with E-state index in [4.69, 9.17) is 0 Å². The summed E-state index contributed by atoms with van der Waals surface area (Å²) in [6.07, 6.45) is 1.07. The van der Waals surface area contributed by atoms with Crippen molar-refractivity contribution < 1.29 is 9.18 Å². The van der Waals surface area contributed by atoms with Crippen molar-refractivity contribution in [2.45, 2.75) is 25.8 Å². The van der Waals surface area contributed by atoms with Gasteiger partial charge in [0.05, 0.1) is 16.6 Å². The number of thiophene rings is 1. The van der Waals surface area contributed by atoms with Crippen LogP contribution in [0.3, 0.4) is 0 Å². The Bertz CT molecular complexity index is 664. The van der Waals surface area contributed by atoms with E-state index in [9.17, 15) is 9.18 Å². The zero-order valence-corrected chi connectivity index (χ0v) is 12.4. The third-order valence-electron chi connectivity index (χ3n) is 3.53. The lowest BCUT2D eigenvalue weighted by molar-refractivity contribution is -0.132. The summed E-state index contributed by atoms with van der Waals surface area (Å²) in [5.41, 5.74) is 1.83. The Hall–Kier alpha value is -2.01. The predicted octanol–water partition coefficient (Wildman–Crippen LogP) is 3.97. The standard InChI is InChI=1S/C16H15FN2OS/c1-2-16(20)19-14(11-5-7-12(17)8-6-11)10-13(18-19)15-4-3-9-21-15/h3-9,14H,2,10H2,1H3. The summed E-state index contributed by atoms with van der Waals surface area (Å²) in [4.78, 5) is 13.2. The van der Waals surface area contributed by atoms with Gasteiger partial charge in [-0.2, -0.15) is 5.10 Å². The van der Waals surface area contributed by atoms with E-state index in [2.05, 4.69) is 5.10 Å². The van der Waals surface area contributed by atoms with Gasteiger partial charge in [0, 0.05) is 12.8 Å². The van der Waals surface area contributed by atoms with Crippen molar-refractivity contribution in [3.8, 4) is 0 Å². The van der Waals surface area contributed by atoms with Gasteiger partial charge in [-0.25, -0.2) is 9.40 Å². The summed E-state index contributed by atoms with van der Waals surface area (Å²) in [5, 5.41) is 8.04. The molecule has 0 fully saturated rings. The zero-order chi connectivity index (χ0) is 14.8. The minimum absolute atomic E-state index is 0.0177. The quantitative estimate of drug-likeness (QED) is 0.844. The van der Waals surface area contributed by atoms with Crippen molar-refractivity contribution in [1.29, 1.82) is 0 Å². The first-order valence-corrected chi connectivity index (χ1v) is 7.76. The molecule has 21 heavy (non-hydrogen) atoms. The maximum Gasteiger partial charge on any atom is 0.242 e. The average molecular weight is 302 g/mol. The van der Waals surface area contributed by atoms with Crippen LogP contribution in [0.25, 0.3) is 0 Å². The van der Waals surface area contributed by atoms with Crippen LogP contribution in [0.1, 0.15) is 36.2 Å². The second kappa shape index (κ2) is 5.77. The maximum absolute atomic E-state index is 13.1. The second-order valence-corrected chi connectivity index (χ2v) is 5.84. The molecule has 2 heterocycles. The average Bonchev–Trinajstić information content (AvgIpc) is 3.16. The summed E-state index contributed by atoms with van der Waals surface area (Å²) in [6.45, 7) is 1.82. The molecule has 0 spiro atoms. The van der Waals surface area contributed by atoms with E-state index in [1.165, 1.54) is 12.1 Å². The van der Waals surface area contributed by atoms with Gasteiger partial charge < -0.3 is 0 Å². The molecule has 3 nitrogen and oxygen atoms in total. The Morgan fingerprint density at radius 1 is 1.38 bits per heavy atom. The minimum atomic E-state index is -0.274. The van der Waals surface area contributed by atoms with Gasteiger partial charge >= 0.3 is 0 Å². The molecular formula is C16H15FN2OS. The summed E-state index contributed by atoms with van der Waals surface area (Å²) < 4.78 is 13.1. The molecular weight excluding hydrogens is 287 g/mol. The molecule has 0 saturated heterocycles. The van der Waals surface area contributed by atoms with Crippen LogP contribution in [0.5, 0.6) is 0 Å². The minimum Gasteiger partial charge on any atom is -0.273 e. The van der Waals surface area contributed by atoms with Gasteiger partial charge in [-0.05, 0) is 29.1 Å². The van der Waals surface area contributed by atoms with Gasteiger partial charge in [0.15, 0.2) is 0 Å². The molecule has 1 atom stereocenters. The van der Waals surface area contributed by atoms with E-state index in [0.29, 0.717) is 12.8 Å². The monoisotopic (exact) mass is 302 g/mol.